The second-order valence-electron chi connectivity index (χ2n) is 9.05. The minimum absolute atomic E-state index is 0.152. The molecule has 1 aliphatic rings. The van der Waals surface area contributed by atoms with Gasteiger partial charge in [-0.25, -0.2) is 4.98 Å². The van der Waals surface area contributed by atoms with Crippen molar-refractivity contribution >= 4 is 40.3 Å². The molecule has 0 amide bonds. The van der Waals surface area contributed by atoms with Crippen molar-refractivity contribution in [2.75, 3.05) is 0 Å². The van der Waals surface area contributed by atoms with Gasteiger partial charge in [0, 0.05) is 11.5 Å². The average molecular weight is 531 g/mol. The summed E-state index contributed by atoms with van der Waals surface area (Å²) in [5, 5.41) is 15.0. The van der Waals surface area contributed by atoms with E-state index in [1.807, 2.05) is 30.3 Å². The third-order valence-corrected chi connectivity index (χ3v) is 7.16. The molecule has 6 nitrogen and oxygen atoms in total. The Hall–Kier alpha value is -3.66. The Morgan fingerprint density at radius 3 is 2.51 bits per heavy atom. The zero-order valence-electron chi connectivity index (χ0n) is 20.0. The second kappa shape index (κ2) is 11.2. The van der Waals surface area contributed by atoms with Crippen LogP contribution in [0.5, 0.6) is 5.75 Å². The van der Waals surface area contributed by atoms with Gasteiger partial charge in [-0.2, -0.15) is 15.0 Å². The van der Waals surface area contributed by atoms with Crippen molar-refractivity contribution in [3.63, 3.8) is 0 Å². The van der Waals surface area contributed by atoms with Gasteiger partial charge in [0.1, 0.15) is 12.4 Å². The number of para-hydroxylation sites is 1. The Balaban J connectivity index is 1.46. The first kappa shape index (κ1) is 25.0. The first-order chi connectivity index (χ1) is 18.0. The number of hydrogen-bond donors (Lipinski definition) is 0. The van der Waals surface area contributed by atoms with Crippen LogP contribution in [0.2, 0.25) is 10.0 Å². The van der Waals surface area contributed by atoms with Crippen molar-refractivity contribution in [2.24, 2.45) is 5.10 Å². The van der Waals surface area contributed by atoms with E-state index in [0.29, 0.717) is 43.6 Å². The van der Waals surface area contributed by atoms with E-state index in [1.54, 1.807) is 36.5 Å². The van der Waals surface area contributed by atoms with E-state index in [1.165, 1.54) is 11.1 Å². The maximum Gasteiger partial charge on any atom is 0.282 e. The van der Waals surface area contributed by atoms with Crippen LogP contribution in [0.4, 0.5) is 0 Å². The molecule has 8 heteroatoms. The molecule has 1 saturated carbocycles. The summed E-state index contributed by atoms with van der Waals surface area (Å²) in [7, 11) is 0. The molecular weight excluding hydrogens is 507 g/mol. The van der Waals surface area contributed by atoms with Crippen LogP contribution >= 0.6 is 23.2 Å². The molecule has 5 rings (SSSR count). The average Bonchev–Trinajstić information content (AvgIpc) is 2.92. The van der Waals surface area contributed by atoms with Gasteiger partial charge in [0.15, 0.2) is 5.75 Å². The Kier molecular flexibility index (Phi) is 7.55. The van der Waals surface area contributed by atoms with Gasteiger partial charge in [-0.3, -0.25) is 4.79 Å². The van der Waals surface area contributed by atoms with E-state index in [9.17, 15) is 10.1 Å². The molecule has 1 fully saturated rings. The fourth-order valence-electron chi connectivity index (χ4n) is 4.70. The van der Waals surface area contributed by atoms with Crippen molar-refractivity contribution in [1.82, 2.24) is 9.66 Å². The molecule has 4 aromatic rings. The van der Waals surface area contributed by atoms with Crippen molar-refractivity contribution in [1.29, 1.82) is 5.26 Å². The Morgan fingerprint density at radius 2 is 1.76 bits per heavy atom. The summed E-state index contributed by atoms with van der Waals surface area (Å²) in [5.41, 5.74) is 2.37. The summed E-state index contributed by atoms with van der Waals surface area (Å²) < 4.78 is 7.27. The minimum atomic E-state index is -0.198. The van der Waals surface area contributed by atoms with Crippen LogP contribution in [0.1, 0.15) is 60.5 Å². The lowest BCUT2D eigenvalue weighted by Gasteiger charge is -2.22. The van der Waals surface area contributed by atoms with Gasteiger partial charge in [-0.15, -0.1) is 0 Å². The highest BCUT2D eigenvalue weighted by Crippen LogP contribution is 2.35. The van der Waals surface area contributed by atoms with Crippen molar-refractivity contribution in [3.05, 3.63) is 104 Å². The maximum absolute atomic E-state index is 13.4. The van der Waals surface area contributed by atoms with E-state index >= 15 is 0 Å². The molecule has 0 spiro atoms. The van der Waals surface area contributed by atoms with Gasteiger partial charge in [-0.05, 0) is 48.7 Å². The highest BCUT2D eigenvalue weighted by molar-refractivity contribution is 6.37. The molecule has 0 saturated heterocycles. The van der Waals surface area contributed by atoms with Crippen LogP contribution in [0, 0.1) is 11.3 Å². The van der Waals surface area contributed by atoms with Gasteiger partial charge in [0.2, 0.25) is 0 Å². The zero-order chi connectivity index (χ0) is 25.8. The maximum atomic E-state index is 13.4. The van der Waals surface area contributed by atoms with Crippen LogP contribution in [0.3, 0.4) is 0 Å². The Morgan fingerprint density at radius 1 is 1.05 bits per heavy atom. The van der Waals surface area contributed by atoms with Crippen LogP contribution in [0.25, 0.3) is 10.9 Å². The third-order valence-electron chi connectivity index (χ3n) is 6.60. The first-order valence-corrected chi connectivity index (χ1v) is 13.0. The Bertz CT molecular complexity index is 1560. The molecule has 0 unspecified atom stereocenters. The molecule has 0 atom stereocenters. The molecule has 0 N–H and O–H groups in total. The molecule has 0 bridgehead atoms. The number of ether oxygens (including phenoxy) is 1. The number of aromatic nitrogens is 2. The minimum Gasteiger partial charge on any atom is -0.486 e. The largest absolute Gasteiger partial charge is 0.486 e. The molecule has 1 aliphatic carbocycles. The third kappa shape index (κ3) is 5.39. The molecule has 186 valence electrons. The lowest BCUT2D eigenvalue weighted by molar-refractivity contribution is 0.306. The summed E-state index contributed by atoms with van der Waals surface area (Å²) in [6.45, 7) is 0.152. The van der Waals surface area contributed by atoms with Crippen molar-refractivity contribution in [3.8, 4) is 11.8 Å². The lowest BCUT2D eigenvalue weighted by Crippen LogP contribution is -2.25. The lowest BCUT2D eigenvalue weighted by atomic mass is 9.88. The van der Waals surface area contributed by atoms with E-state index in [2.05, 4.69) is 11.2 Å². The summed E-state index contributed by atoms with van der Waals surface area (Å²) >= 11 is 13.0. The number of benzene rings is 3. The standard InChI is InChI=1S/C29H24Cl2N4O2/c30-24-14-19(15-25(31)27(24)37-18-22-11-5-4-10-21(22)16-32)17-33-35-28(20-8-2-1-3-9-20)34-26-13-7-6-12-23(26)29(35)36/h4-7,10-15,17,20H,1-3,8-9,18H2. The predicted octanol–water partition coefficient (Wildman–Crippen LogP) is 7.08. The molecule has 1 aromatic heterocycles. The number of nitrogens with zero attached hydrogens (tertiary/aromatic N) is 4. The Labute approximate surface area is 224 Å². The fourth-order valence-corrected chi connectivity index (χ4v) is 5.31. The van der Waals surface area contributed by atoms with E-state index < -0.39 is 0 Å². The zero-order valence-corrected chi connectivity index (χ0v) is 21.5. The van der Waals surface area contributed by atoms with Gasteiger partial charge in [-0.1, -0.05) is 72.8 Å². The van der Waals surface area contributed by atoms with E-state index in [0.717, 1.165) is 31.2 Å². The van der Waals surface area contributed by atoms with Crippen LogP contribution in [0.15, 0.2) is 70.6 Å². The van der Waals surface area contributed by atoms with Crippen LogP contribution in [-0.2, 0) is 6.61 Å². The first-order valence-electron chi connectivity index (χ1n) is 12.2. The summed E-state index contributed by atoms with van der Waals surface area (Å²) in [5.74, 6) is 1.19. The summed E-state index contributed by atoms with van der Waals surface area (Å²) in [6, 6.07) is 20.1. The molecule has 0 radical (unpaired) electrons. The number of fused-ring (bicyclic) bond motifs is 1. The molecule has 0 aliphatic heterocycles. The fraction of sp³-hybridized carbons (Fsp3) is 0.241. The highest BCUT2D eigenvalue weighted by atomic mass is 35.5. The van der Waals surface area contributed by atoms with Crippen LogP contribution < -0.4 is 10.3 Å². The van der Waals surface area contributed by atoms with Gasteiger partial charge >= 0.3 is 0 Å². The van der Waals surface area contributed by atoms with Gasteiger partial charge in [0.25, 0.3) is 5.56 Å². The number of hydrogen-bond acceptors (Lipinski definition) is 5. The SMILES string of the molecule is N#Cc1ccccc1COc1c(Cl)cc(C=Nn2c(C3CCCCC3)nc3ccccc3c2=O)cc1Cl. The monoisotopic (exact) mass is 530 g/mol. The number of rotatable bonds is 6. The molecule has 3 aromatic carbocycles. The molecular formula is C29H24Cl2N4O2. The molecule has 37 heavy (non-hydrogen) atoms. The summed E-state index contributed by atoms with van der Waals surface area (Å²) in [4.78, 5) is 18.2. The van der Waals surface area contributed by atoms with Crippen molar-refractivity contribution in [2.45, 2.75) is 44.6 Å². The predicted molar refractivity (Wildman–Crippen MR) is 147 cm³/mol. The topological polar surface area (TPSA) is 80.3 Å². The number of nitriles is 1. The highest BCUT2D eigenvalue weighted by Gasteiger charge is 2.22. The van der Waals surface area contributed by atoms with E-state index in [4.69, 9.17) is 32.9 Å². The van der Waals surface area contributed by atoms with E-state index in [-0.39, 0.29) is 18.1 Å². The molecule has 1 heterocycles. The van der Waals surface area contributed by atoms with Crippen molar-refractivity contribution < 1.29 is 4.74 Å². The second-order valence-corrected chi connectivity index (χ2v) is 9.87. The van der Waals surface area contributed by atoms with Gasteiger partial charge < -0.3 is 4.74 Å². The van der Waals surface area contributed by atoms with Gasteiger partial charge in [0.05, 0.1) is 38.8 Å². The van der Waals surface area contributed by atoms with Crippen LogP contribution in [-0.4, -0.2) is 15.9 Å². The normalized spacial score (nSPS) is 14.2. The smallest absolute Gasteiger partial charge is 0.282 e. The summed E-state index contributed by atoms with van der Waals surface area (Å²) in [6.07, 6.45) is 6.96. The number of halogens is 2. The quantitative estimate of drug-likeness (QED) is 0.249.